The van der Waals surface area contributed by atoms with Crippen molar-refractivity contribution < 1.29 is 13.2 Å². The average molecular weight is 680 g/mol. The summed E-state index contributed by atoms with van der Waals surface area (Å²) in [5.74, 6) is 2.65. The average Bonchev–Trinajstić information content (AvgIpc) is 3.74. The molecule has 3 aromatic rings. The topological polar surface area (TPSA) is 89.7 Å². The molecule has 4 heterocycles. The fraction of sp³-hybridized carbons (Fsp3) is 0.467. The minimum Gasteiger partial charge on any atom is -0.376 e. The molecule has 15 heteroatoms. The maximum atomic E-state index is 12.9. The van der Waals surface area contributed by atoms with Crippen molar-refractivity contribution >= 4 is 64.0 Å². The van der Waals surface area contributed by atoms with Crippen LogP contribution in [-0.4, -0.2) is 84.4 Å². The fourth-order valence-corrected chi connectivity index (χ4v) is 6.50. The van der Waals surface area contributed by atoms with Crippen LogP contribution in [0.3, 0.4) is 0 Å². The highest BCUT2D eigenvalue weighted by Crippen LogP contribution is 2.36. The Hall–Kier alpha value is -3.07. The first-order chi connectivity index (χ1) is 21.6. The van der Waals surface area contributed by atoms with Gasteiger partial charge in [0.1, 0.15) is 16.7 Å². The van der Waals surface area contributed by atoms with Crippen molar-refractivity contribution in [3.8, 4) is 0 Å². The molecule has 2 aromatic heterocycles. The van der Waals surface area contributed by atoms with E-state index in [1.54, 1.807) is 0 Å². The molecule has 2 fully saturated rings. The second kappa shape index (κ2) is 15.0. The molecule has 0 atom stereocenters. The van der Waals surface area contributed by atoms with Crippen molar-refractivity contribution in [1.82, 2.24) is 19.9 Å². The van der Waals surface area contributed by atoms with Crippen molar-refractivity contribution in [3.63, 3.8) is 0 Å². The molecule has 45 heavy (non-hydrogen) atoms. The van der Waals surface area contributed by atoms with Gasteiger partial charge in [-0.1, -0.05) is 23.4 Å². The number of nitrogens with zero attached hydrogens (tertiary/aromatic N) is 7. The number of aromatic nitrogens is 3. The lowest BCUT2D eigenvalue weighted by Gasteiger charge is -2.26. The Balaban J connectivity index is 1.14. The van der Waals surface area contributed by atoms with Gasteiger partial charge in [-0.2, -0.15) is 23.1 Å². The summed E-state index contributed by atoms with van der Waals surface area (Å²) < 4.78 is 38.8. The zero-order chi connectivity index (χ0) is 32.0. The van der Waals surface area contributed by atoms with Crippen LogP contribution in [0.2, 0.25) is 5.02 Å². The minimum absolute atomic E-state index is 0.0556. The van der Waals surface area contributed by atoms with E-state index in [9.17, 15) is 13.2 Å². The van der Waals surface area contributed by atoms with E-state index in [1.807, 2.05) is 36.2 Å². The molecule has 0 saturated carbocycles. The summed E-state index contributed by atoms with van der Waals surface area (Å²) in [6.07, 6.45) is 1.02. The van der Waals surface area contributed by atoms with Crippen LogP contribution in [0.4, 0.5) is 36.4 Å². The van der Waals surface area contributed by atoms with Gasteiger partial charge in [0.15, 0.2) is 5.11 Å². The number of hydrogen-bond donors (Lipinski definition) is 2. The number of likely N-dealkylation sites (N-methyl/N-ethyl adjacent to an activating group) is 1. The normalized spacial score (nSPS) is 15.2. The highest BCUT2D eigenvalue weighted by molar-refractivity contribution is 7.99. The van der Waals surface area contributed by atoms with E-state index in [-0.39, 0.29) is 10.1 Å². The number of hydrogen-bond acceptors (Lipinski definition) is 9. The standard InChI is InChI=1S/C30H37ClF3N9S2/c1-40(15-10-36-25-19-26(41-11-2-3-12-41)39-29(38-25)42-13-4-5-14-42)16-17-43(28(35)44)22-6-8-23(9-7-22)45-27-24(31)18-21(20-37-27)30(32,33)34/h6-9,18-20H,2-5,10-17H2,1H3,(H2,35,44)(H,36,38,39). The van der Waals surface area contributed by atoms with Crippen LogP contribution < -0.4 is 25.8 Å². The molecule has 2 saturated heterocycles. The van der Waals surface area contributed by atoms with Gasteiger partial charge in [0.05, 0.1) is 10.6 Å². The quantitative estimate of drug-likeness (QED) is 0.221. The van der Waals surface area contributed by atoms with Crippen molar-refractivity contribution in [2.75, 3.05) is 79.4 Å². The smallest absolute Gasteiger partial charge is 0.376 e. The predicted molar refractivity (Wildman–Crippen MR) is 180 cm³/mol. The lowest BCUT2D eigenvalue weighted by molar-refractivity contribution is -0.137. The van der Waals surface area contributed by atoms with Gasteiger partial charge in [-0.25, -0.2) is 4.98 Å². The van der Waals surface area contributed by atoms with Gasteiger partial charge in [0.2, 0.25) is 5.95 Å². The first-order valence-electron chi connectivity index (χ1n) is 15.0. The summed E-state index contributed by atoms with van der Waals surface area (Å²) in [5, 5.41) is 3.99. The van der Waals surface area contributed by atoms with E-state index in [4.69, 9.17) is 39.5 Å². The van der Waals surface area contributed by atoms with E-state index < -0.39 is 11.7 Å². The number of alkyl halides is 3. The molecule has 0 amide bonds. The number of thiocarbonyl (C=S) groups is 1. The van der Waals surface area contributed by atoms with Crippen molar-refractivity contribution in [2.24, 2.45) is 5.73 Å². The minimum atomic E-state index is -4.50. The van der Waals surface area contributed by atoms with Crippen LogP contribution in [0.5, 0.6) is 0 Å². The van der Waals surface area contributed by atoms with Gasteiger partial charge in [-0.15, -0.1) is 0 Å². The summed E-state index contributed by atoms with van der Waals surface area (Å²) in [6.45, 7) is 6.85. The maximum Gasteiger partial charge on any atom is 0.417 e. The second-order valence-corrected chi connectivity index (χ2v) is 13.0. The van der Waals surface area contributed by atoms with E-state index in [2.05, 4.69) is 31.1 Å². The number of anilines is 4. The summed E-state index contributed by atoms with van der Waals surface area (Å²) in [6, 6.07) is 10.4. The number of nitrogens with one attached hydrogen (secondary N) is 1. The highest BCUT2D eigenvalue weighted by Gasteiger charge is 2.31. The van der Waals surface area contributed by atoms with Crippen molar-refractivity contribution in [1.29, 1.82) is 0 Å². The predicted octanol–water partition coefficient (Wildman–Crippen LogP) is 5.99. The molecule has 0 radical (unpaired) electrons. The van der Waals surface area contributed by atoms with E-state index in [0.29, 0.717) is 24.7 Å². The first kappa shape index (κ1) is 33.3. The Morgan fingerprint density at radius 2 is 1.67 bits per heavy atom. The third kappa shape index (κ3) is 9.02. The van der Waals surface area contributed by atoms with E-state index >= 15 is 0 Å². The summed E-state index contributed by atoms with van der Waals surface area (Å²) in [4.78, 5) is 23.1. The van der Waals surface area contributed by atoms with Gasteiger partial charge < -0.3 is 30.7 Å². The van der Waals surface area contributed by atoms with Crippen LogP contribution in [0.1, 0.15) is 31.2 Å². The highest BCUT2D eigenvalue weighted by atomic mass is 35.5. The third-order valence-corrected chi connectivity index (χ3v) is 9.44. The van der Waals surface area contributed by atoms with Crippen LogP contribution in [-0.2, 0) is 6.18 Å². The molecular formula is C30H37ClF3N9S2. The van der Waals surface area contributed by atoms with Gasteiger partial charge in [0, 0.05) is 75.2 Å². The molecule has 3 N–H and O–H groups in total. The molecule has 9 nitrogen and oxygen atoms in total. The molecule has 0 bridgehead atoms. The van der Waals surface area contributed by atoms with Crippen LogP contribution >= 0.6 is 35.6 Å². The summed E-state index contributed by atoms with van der Waals surface area (Å²) in [5.41, 5.74) is 6.01. The van der Waals surface area contributed by atoms with E-state index in [1.165, 1.54) is 37.4 Å². The van der Waals surface area contributed by atoms with Crippen molar-refractivity contribution in [2.45, 2.75) is 41.8 Å². The second-order valence-electron chi connectivity index (χ2n) is 11.1. The third-order valence-electron chi connectivity index (χ3n) is 7.79. The monoisotopic (exact) mass is 679 g/mol. The molecule has 0 aliphatic carbocycles. The molecule has 0 unspecified atom stereocenters. The van der Waals surface area contributed by atoms with E-state index in [0.717, 1.165) is 73.2 Å². The maximum absolute atomic E-state index is 12.9. The Bertz CT molecular complexity index is 1420. The van der Waals surface area contributed by atoms with Gasteiger partial charge >= 0.3 is 6.18 Å². The van der Waals surface area contributed by atoms with Crippen LogP contribution in [0.25, 0.3) is 0 Å². The number of benzene rings is 1. The Labute approximate surface area is 276 Å². The van der Waals surface area contributed by atoms with Crippen LogP contribution in [0.15, 0.2) is 52.5 Å². The lowest BCUT2D eigenvalue weighted by Crippen LogP contribution is -2.41. The number of nitrogens with two attached hydrogens (primary N) is 1. The van der Waals surface area contributed by atoms with Crippen molar-refractivity contribution in [3.05, 3.63) is 53.2 Å². The van der Waals surface area contributed by atoms with Gasteiger partial charge in [0.25, 0.3) is 0 Å². The SMILES string of the molecule is CN(CCNc1cc(N2CCCC2)nc(N2CCCC2)n1)CCN(C(N)=S)c1ccc(Sc2ncc(C(F)(F)F)cc2Cl)cc1. The summed E-state index contributed by atoms with van der Waals surface area (Å²) >= 11 is 12.6. The zero-order valence-corrected chi connectivity index (χ0v) is 27.5. The molecule has 0 spiro atoms. The molecule has 2 aliphatic heterocycles. The number of rotatable bonds is 12. The molecule has 5 rings (SSSR count). The zero-order valence-electron chi connectivity index (χ0n) is 25.1. The number of pyridine rings is 1. The fourth-order valence-electron chi connectivity index (χ4n) is 5.26. The Kier molecular flexibility index (Phi) is 11.1. The molecule has 242 valence electrons. The first-order valence-corrected chi connectivity index (χ1v) is 16.6. The lowest BCUT2D eigenvalue weighted by atomic mass is 10.3. The Morgan fingerprint density at radius 3 is 2.29 bits per heavy atom. The Morgan fingerprint density at radius 1 is 1.00 bits per heavy atom. The largest absolute Gasteiger partial charge is 0.417 e. The van der Waals surface area contributed by atoms with Crippen LogP contribution in [0, 0.1) is 0 Å². The van der Waals surface area contributed by atoms with Gasteiger partial charge in [-0.3, -0.25) is 0 Å². The summed E-state index contributed by atoms with van der Waals surface area (Å²) in [7, 11) is 2.05. The number of halogens is 4. The molecule has 1 aromatic carbocycles. The molecular weight excluding hydrogens is 643 g/mol. The molecule has 2 aliphatic rings. The van der Waals surface area contributed by atoms with Gasteiger partial charge in [-0.05, 0) is 75.3 Å².